The van der Waals surface area contributed by atoms with Gasteiger partial charge in [0.15, 0.2) is 0 Å². The Bertz CT molecular complexity index is 1210. The van der Waals surface area contributed by atoms with Crippen molar-refractivity contribution in [3.8, 4) is 5.75 Å². The molecular weight excluding hydrogens is 476 g/mol. The minimum atomic E-state index is -3.11. The van der Waals surface area contributed by atoms with Crippen molar-refractivity contribution in [1.82, 2.24) is 9.88 Å². The monoisotopic (exact) mass is 512 g/mol. The number of hydrogen-bond acceptors (Lipinski definition) is 7. The van der Waals surface area contributed by atoms with E-state index in [-0.39, 0.29) is 24.8 Å². The van der Waals surface area contributed by atoms with E-state index >= 15 is 0 Å². The van der Waals surface area contributed by atoms with Gasteiger partial charge in [0.2, 0.25) is 0 Å². The van der Waals surface area contributed by atoms with Crippen LogP contribution >= 0.6 is 10.6 Å². The van der Waals surface area contributed by atoms with Crippen LogP contribution in [-0.2, 0) is 20.9 Å². The summed E-state index contributed by atoms with van der Waals surface area (Å²) in [5, 5.41) is 1.05. The Morgan fingerprint density at radius 2 is 1.89 bits per heavy atom. The number of hydrogen-bond donors (Lipinski definition) is 2. The predicted octanol–water partition coefficient (Wildman–Crippen LogP) is 5.75. The quantitative estimate of drug-likeness (QED) is 0.372. The molecule has 0 bridgehead atoms. The van der Waals surface area contributed by atoms with Gasteiger partial charge in [0.25, 0.3) is 0 Å². The number of carbonyl (C=O) groups excluding carboxylic acids is 1. The van der Waals surface area contributed by atoms with Crippen molar-refractivity contribution in [2.75, 3.05) is 25.4 Å². The number of aromatic nitrogens is 1. The van der Waals surface area contributed by atoms with Gasteiger partial charge in [-0.3, -0.25) is 23.8 Å². The topological polar surface area (TPSA) is 92.1 Å². The average Bonchev–Trinajstić information content (AvgIpc) is 2.84. The molecule has 2 N–H and O–H groups in total. The van der Waals surface area contributed by atoms with Gasteiger partial charge in [-0.05, 0) is 57.5 Å². The van der Waals surface area contributed by atoms with Crippen LogP contribution < -0.4 is 4.74 Å². The second kappa shape index (κ2) is 10.8. The van der Waals surface area contributed by atoms with Gasteiger partial charge in [0, 0.05) is 35.8 Å². The molecule has 0 radical (unpaired) electrons. The van der Waals surface area contributed by atoms with Crippen molar-refractivity contribution >= 4 is 27.5 Å². The molecule has 194 valence electrons. The van der Waals surface area contributed by atoms with Gasteiger partial charge in [-0.15, -0.1) is 0 Å². The third-order valence-electron chi connectivity index (χ3n) is 6.92. The van der Waals surface area contributed by atoms with Crippen molar-refractivity contribution in [2.24, 2.45) is 0 Å². The Morgan fingerprint density at radius 3 is 2.58 bits per heavy atom. The lowest BCUT2D eigenvalue weighted by molar-refractivity contribution is -0.144. The van der Waals surface area contributed by atoms with Crippen molar-refractivity contribution in [1.29, 1.82) is 0 Å². The molecule has 1 aliphatic heterocycles. The second-order valence-corrected chi connectivity index (χ2v) is 12.2. The number of fused-ring (bicyclic) bond motifs is 1. The zero-order valence-electron chi connectivity index (χ0n) is 21.4. The van der Waals surface area contributed by atoms with E-state index in [1.54, 1.807) is 6.92 Å². The molecule has 2 heterocycles. The van der Waals surface area contributed by atoms with Crippen molar-refractivity contribution < 1.29 is 23.4 Å². The fraction of sp³-hybridized carbons (Fsp3) is 0.429. The first-order chi connectivity index (χ1) is 17.1. The van der Waals surface area contributed by atoms with E-state index in [2.05, 4.69) is 23.7 Å². The number of carbonyl (C=O) groups is 1. The summed E-state index contributed by atoms with van der Waals surface area (Å²) < 4.78 is 32.8. The second-order valence-electron chi connectivity index (χ2n) is 9.66. The highest BCUT2D eigenvalue weighted by Gasteiger charge is 2.51. The summed E-state index contributed by atoms with van der Waals surface area (Å²) in [6.45, 7) is 9.45. The number of esters is 1. The Hall–Kier alpha value is -2.65. The number of ether oxygens (including phenoxy) is 2. The summed E-state index contributed by atoms with van der Waals surface area (Å²) >= 11 is 0. The van der Waals surface area contributed by atoms with E-state index in [1.165, 1.54) is 0 Å². The number of pyridine rings is 1. The normalized spacial score (nSPS) is 20.9. The molecule has 1 atom stereocenters. The van der Waals surface area contributed by atoms with Crippen LogP contribution in [-0.4, -0.2) is 56.4 Å². The molecule has 2 aromatic carbocycles. The highest BCUT2D eigenvalue weighted by Crippen LogP contribution is 2.62. The van der Waals surface area contributed by atoms with Crippen LogP contribution in [0.15, 0.2) is 54.6 Å². The first-order valence-corrected chi connectivity index (χ1v) is 14.1. The first-order valence-electron chi connectivity index (χ1n) is 12.4. The van der Waals surface area contributed by atoms with Crippen LogP contribution in [0, 0.1) is 6.92 Å². The van der Waals surface area contributed by atoms with Crippen LogP contribution in [0.25, 0.3) is 10.9 Å². The zero-order valence-corrected chi connectivity index (χ0v) is 22.3. The molecule has 1 saturated heterocycles. The summed E-state index contributed by atoms with van der Waals surface area (Å²) in [5.41, 5.74) is 3.62. The van der Waals surface area contributed by atoms with Gasteiger partial charge in [-0.1, -0.05) is 30.3 Å². The lowest BCUT2D eigenvalue weighted by Gasteiger charge is -2.57. The lowest BCUT2D eigenvalue weighted by Crippen LogP contribution is -2.54. The third-order valence-corrected chi connectivity index (χ3v) is 9.43. The number of para-hydroxylation sites is 1. The summed E-state index contributed by atoms with van der Waals surface area (Å²) in [5.74, 6) is 0.456. The zero-order chi connectivity index (χ0) is 25.9. The average molecular weight is 513 g/mol. The summed E-state index contributed by atoms with van der Waals surface area (Å²) in [6, 6.07) is 17.6. The molecule has 0 amide bonds. The molecule has 0 spiro atoms. The molecular formula is C28H36N2O5S. The van der Waals surface area contributed by atoms with Crippen molar-refractivity contribution in [3.05, 3.63) is 71.4 Å². The van der Waals surface area contributed by atoms with Crippen LogP contribution in [0.2, 0.25) is 0 Å². The van der Waals surface area contributed by atoms with Crippen LogP contribution in [0.4, 0.5) is 0 Å². The number of benzene rings is 2. The fourth-order valence-electron chi connectivity index (χ4n) is 4.92. The maximum Gasteiger partial charge on any atom is 0.308 e. The minimum Gasteiger partial charge on any atom is -0.489 e. The van der Waals surface area contributed by atoms with Gasteiger partial charge in [0.05, 0.1) is 24.3 Å². The Balaban J connectivity index is 1.61. The molecule has 1 aliphatic rings. The van der Waals surface area contributed by atoms with Crippen molar-refractivity contribution in [2.45, 2.75) is 51.5 Å². The highest BCUT2D eigenvalue weighted by molar-refractivity contribution is 8.25. The van der Waals surface area contributed by atoms with Gasteiger partial charge in [0.1, 0.15) is 17.1 Å². The fourth-order valence-corrected chi connectivity index (χ4v) is 7.04. The van der Waals surface area contributed by atoms with E-state index in [0.717, 1.165) is 22.2 Å². The van der Waals surface area contributed by atoms with E-state index in [4.69, 9.17) is 9.47 Å². The van der Waals surface area contributed by atoms with Crippen LogP contribution in [0.5, 0.6) is 5.75 Å². The smallest absolute Gasteiger partial charge is 0.308 e. The highest BCUT2D eigenvalue weighted by atomic mass is 32.3. The van der Waals surface area contributed by atoms with E-state index < -0.39 is 21.3 Å². The molecule has 1 unspecified atom stereocenters. The van der Waals surface area contributed by atoms with E-state index in [0.29, 0.717) is 31.0 Å². The van der Waals surface area contributed by atoms with E-state index in [9.17, 15) is 13.9 Å². The van der Waals surface area contributed by atoms with Crippen molar-refractivity contribution in [3.63, 3.8) is 0 Å². The third kappa shape index (κ3) is 5.37. The summed E-state index contributed by atoms with van der Waals surface area (Å²) in [6.07, 6.45) is -0.0884. The molecule has 4 rings (SSSR count). The Labute approximate surface area is 214 Å². The molecule has 36 heavy (non-hydrogen) atoms. The van der Waals surface area contributed by atoms with Gasteiger partial charge in [-0.2, -0.15) is 10.6 Å². The van der Waals surface area contributed by atoms with Gasteiger partial charge >= 0.3 is 5.97 Å². The molecule has 3 aromatic rings. The van der Waals surface area contributed by atoms with Gasteiger partial charge in [-0.25, -0.2) is 0 Å². The predicted molar refractivity (Wildman–Crippen MR) is 145 cm³/mol. The Kier molecular flexibility index (Phi) is 7.90. The minimum absolute atomic E-state index is 0.0884. The number of aryl methyl sites for hydroxylation is 1. The van der Waals surface area contributed by atoms with Crippen LogP contribution in [0.3, 0.4) is 0 Å². The van der Waals surface area contributed by atoms with Gasteiger partial charge < -0.3 is 9.47 Å². The number of nitrogens with zero attached hydrogens (tertiary/aromatic N) is 2. The molecule has 0 aliphatic carbocycles. The molecule has 1 aromatic heterocycles. The maximum atomic E-state index is 12.6. The largest absolute Gasteiger partial charge is 0.489 e. The molecule has 1 fully saturated rings. The first kappa shape index (κ1) is 26.4. The maximum absolute atomic E-state index is 12.6. The molecule has 7 nitrogen and oxygen atoms in total. The standard InChI is InChI=1S/C28H36N2O5S/c1-5-34-27(31)17-28(19-30(20(2)3)14-15-36(28,32)33)23-10-12-24(13-11-23)35-18-22-16-21(4)29-26-9-7-6-8-25(22)26/h6-13,16,20,32-33H,5,14-15,17-19H2,1-4H3. The molecule has 8 heteroatoms. The summed E-state index contributed by atoms with van der Waals surface area (Å²) in [7, 11) is -3.11. The summed E-state index contributed by atoms with van der Waals surface area (Å²) in [4.78, 5) is 19.4. The lowest BCUT2D eigenvalue weighted by atomic mass is 9.92. The number of rotatable bonds is 8. The SMILES string of the molecule is CCOC(=O)CC1(c2ccc(OCc3cc(C)nc4ccccc34)cc2)CN(C(C)C)CCS1(O)O. The van der Waals surface area contributed by atoms with Crippen LogP contribution in [0.1, 0.15) is 44.0 Å². The van der Waals surface area contributed by atoms with E-state index in [1.807, 2.05) is 61.5 Å². The Morgan fingerprint density at radius 1 is 1.17 bits per heavy atom. The molecule has 0 saturated carbocycles.